The fourth-order valence-electron chi connectivity index (χ4n) is 14.3. The summed E-state index contributed by atoms with van der Waals surface area (Å²) in [5.41, 5.74) is 1.16. The van der Waals surface area contributed by atoms with Gasteiger partial charge >= 0.3 is 0 Å². The minimum absolute atomic E-state index is 0.00455. The van der Waals surface area contributed by atoms with E-state index in [1.165, 1.54) is 92.6 Å². The number of rotatable bonds is 26. The number of carbonyl (C=O) groups excluding carboxylic acids is 11. The first-order valence-electron chi connectivity index (χ1n) is 38.6. The second-order valence-electron chi connectivity index (χ2n) is 31.8. The van der Waals surface area contributed by atoms with Gasteiger partial charge in [-0.2, -0.15) is 0 Å². The standard InChI is InChI=1S/C79H137N11O14/c1-24-61-76(99)83(17)57(15)74(97)88(22)68(58(16)104-40-32-31-37-90-38-41-103-42-39-90)66(92)47-60(52(8)9)75(98)84(18)62(43-49(2)3)65(91)46-55(13)71(94)81-56(14)73(96)85(19)63(44-50(4)5)77(100)86(20)64(45-51(6)7)78(101)87(21)67(53(10)11)79(102)89(23)69(72(95)82-61)70(93)54(12)33-27-26-30-36-80-48-59-34-28-25-29-35-59/h25,28-29,34-35,49-58,60-64,67-70,80,93H,24,26-27,30-33,36-48H2,1-23H3,(H,81,94)(H,82,95)/t54-,55-,56-,57-,58-,60+,61+,62+,63+,64+,67+,68+,69+,70-/m1/s1. The molecule has 1 aromatic carbocycles. The average molecular weight is 1470 g/mol. The molecule has 2 fully saturated rings. The van der Waals surface area contributed by atoms with Crippen LogP contribution in [0.5, 0.6) is 0 Å². The molecule has 0 radical (unpaired) electrons. The Morgan fingerprint density at radius 3 is 1.61 bits per heavy atom. The van der Waals surface area contributed by atoms with E-state index in [1.54, 1.807) is 55.4 Å². The Morgan fingerprint density at radius 2 is 1.06 bits per heavy atom. The van der Waals surface area contributed by atoms with Gasteiger partial charge < -0.3 is 64.8 Å². The molecule has 9 amide bonds. The Bertz CT molecular complexity index is 2910. The zero-order valence-electron chi connectivity index (χ0n) is 67.8. The summed E-state index contributed by atoms with van der Waals surface area (Å²) in [6, 6.07) is -1.22. The van der Waals surface area contributed by atoms with Gasteiger partial charge in [-0.1, -0.05) is 133 Å². The normalized spacial score (nSPS) is 26.3. The second-order valence-corrected chi connectivity index (χ2v) is 31.8. The van der Waals surface area contributed by atoms with Crippen molar-refractivity contribution >= 4 is 64.7 Å². The summed E-state index contributed by atoms with van der Waals surface area (Å²) >= 11 is 0. The van der Waals surface area contributed by atoms with Crippen LogP contribution in [0.3, 0.4) is 0 Å². The average Bonchev–Trinajstić information content (AvgIpc) is 0.800. The van der Waals surface area contributed by atoms with Crippen LogP contribution in [0.4, 0.5) is 0 Å². The van der Waals surface area contributed by atoms with Crippen molar-refractivity contribution in [3.8, 4) is 0 Å². The highest BCUT2D eigenvalue weighted by molar-refractivity contribution is 6.00. The summed E-state index contributed by atoms with van der Waals surface area (Å²) in [7, 11) is 10.2. The van der Waals surface area contributed by atoms with Crippen molar-refractivity contribution in [2.24, 2.45) is 47.3 Å². The molecule has 0 spiro atoms. The SMILES string of the molecule is CC[C@@H]1NC(=O)[C@H]([C@H](O)[C@H](C)CCCCCNCc2ccccc2)N(C)C(=O)[C@H](C(C)C)N(C)C(=O)[C@H](CC(C)C)N(C)C(=O)[C@H](CC(C)C)N(C)C(=O)[C@@H](C)NC(=O)[C@H](C)CC(=O)[C@H](CC(C)C)N(C)C(=O)[C@H](C(C)C)CC(=O)[C@H]([C@@H](C)OCCCCN2CCOCC2)N(C)C(=O)[C@@H](C)N(C)C1=O. The Balaban J connectivity index is 2.29. The number of unbranched alkanes of at least 4 members (excludes halogenated alkanes) is 3. The molecule has 104 heavy (non-hydrogen) atoms. The molecule has 3 rings (SSSR count). The van der Waals surface area contributed by atoms with Crippen LogP contribution in [0.25, 0.3) is 0 Å². The molecule has 14 atom stereocenters. The number of carbonyl (C=O) groups is 11. The van der Waals surface area contributed by atoms with Crippen LogP contribution in [0.15, 0.2) is 30.3 Å². The third kappa shape index (κ3) is 27.1. The monoisotopic (exact) mass is 1460 g/mol. The predicted octanol–water partition coefficient (Wildman–Crippen LogP) is 6.69. The first-order valence-corrected chi connectivity index (χ1v) is 38.6. The Labute approximate surface area is 624 Å². The summed E-state index contributed by atoms with van der Waals surface area (Å²) in [6.07, 6.45) is 1.63. The van der Waals surface area contributed by atoms with E-state index < -0.39 is 161 Å². The molecule has 1 aromatic rings. The van der Waals surface area contributed by atoms with E-state index in [9.17, 15) is 19.5 Å². The number of nitrogens with one attached hydrogen (secondary N) is 3. The van der Waals surface area contributed by atoms with Crippen LogP contribution >= 0.6 is 0 Å². The summed E-state index contributed by atoms with van der Waals surface area (Å²) in [4.78, 5) is 177. The molecule has 0 aromatic heterocycles. The van der Waals surface area contributed by atoms with Crippen LogP contribution in [-0.2, 0) is 68.8 Å². The molecular formula is C79H137N11O14. The number of aliphatic hydroxyl groups is 1. The molecule has 0 unspecified atom stereocenters. The van der Waals surface area contributed by atoms with Crippen LogP contribution in [0.1, 0.15) is 193 Å². The largest absolute Gasteiger partial charge is 0.390 e. The fourth-order valence-corrected chi connectivity index (χ4v) is 14.3. The van der Waals surface area contributed by atoms with Gasteiger partial charge in [-0.25, -0.2) is 0 Å². The van der Waals surface area contributed by atoms with E-state index in [0.717, 1.165) is 55.9 Å². The molecule has 592 valence electrons. The van der Waals surface area contributed by atoms with Gasteiger partial charge in [-0.15, -0.1) is 0 Å². The molecule has 0 aliphatic carbocycles. The minimum Gasteiger partial charge on any atom is -0.390 e. The van der Waals surface area contributed by atoms with E-state index in [1.807, 2.05) is 59.7 Å². The topological polar surface area (TPSA) is 288 Å². The lowest BCUT2D eigenvalue weighted by atomic mass is 9.85. The molecule has 2 heterocycles. The van der Waals surface area contributed by atoms with Gasteiger partial charge in [0.05, 0.1) is 31.5 Å². The number of ether oxygens (including phenoxy) is 2. The van der Waals surface area contributed by atoms with Crippen LogP contribution in [-0.4, -0.2) is 271 Å². The van der Waals surface area contributed by atoms with Gasteiger partial charge in [-0.05, 0) is 126 Å². The molecule has 0 saturated carbocycles. The van der Waals surface area contributed by atoms with Gasteiger partial charge in [0.1, 0.15) is 48.3 Å². The highest BCUT2D eigenvalue weighted by atomic mass is 16.5. The van der Waals surface area contributed by atoms with Crippen LogP contribution in [0, 0.1) is 47.3 Å². The number of Topliss-reactive ketones (excluding diaryl/α,β-unsaturated/α-hetero) is 2. The predicted molar refractivity (Wildman–Crippen MR) is 405 cm³/mol. The zero-order chi connectivity index (χ0) is 78.7. The van der Waals surface area contributed by atoms with Crippen molar-refractivity contribution in [2.75, 3.05) is 95.3 Å². The van der Waals surface area contributed by atoms with Crippen LogP contribution < -0.4 is 16.0 Å². The van der Waals surface area contributed by atoms with E-state index >= 15 is 38.4 Å². The molecule has 0 bridgehead atoms. The number of benzene rings is 1. The minimum atomic E-state index is -1.63. The molecular weight excluding hydrogens is 1330 g/mol. The molecule has 25 heteroatoms. The summed E-state index contributed by atoms with van der Waals surface area (Å²) in [6.45, 7) is 33.7. The van der Waals surface area contributed by atoms with Gasteiger partial charge in [0.25, 0.3) is 0 Å². The maximum atomic E-state index is 15.6. The highest BCUT2D eigenvalue weighted by Gasteiger charge is 2.47. The first kappa shape index (κ1) is 91.8. The lowest BCUT2D eigenvalue weighted by Crippen LogP contribution is -2.64. The number of hydrogen-bond acceptors (Lipinski definition) is 16. The van der Waals surface area contributed by atoms with Gasteiger partial charge in [0, 0.05) is 100 Å². The maximum Gasteiger partial charge on any atom is 0.246 e. The van der Waals surface area contributed by atoms with E-state index in [0.29, 0.717) is 39.0 Å². The quantitative estimate of drug-likeness (QED) is 0.0702. The highest BCUT2D eigenvalue weighted by Crippen LogP contribution is 2.29. The molecule has 2 aliphatic heterocycles. The summed E-state index contributed by atoms with van der Waals surface area (Å²) < 4.78 is 12.0. The summed E-state index contributed by atoms with van der Waals surface area (Å²) in [5, 5.41) is 21.7. The van der Waals surface area contributed by atoms with E-state index in [2.05, 4.69) is 33.0 Å². The van der Waals surface area contributed by atoms with Crippen molar-refractivity contribution in [3.63, 3.8) is 0 Å². The van der Waals surface area contributed by atoms with Crippen molar-refractivity contribution in [3.05, 3.63) is 35.9 Å². The van der Waals surface area contributed by atoms with Crippen molar-refractivity contribution < 1.29 is 67.3 Å². The third-order valence-electron chi connectivity index (χ3n) is 21.2. The van der Waals surface area contributed by atoms with E-state index in [-0.39, 0.29) is 62.9 Å². The number of hydrogen-bond donors (Lipinski definition) is 4. The second kappa shape index (κ2) is 44.7. The van der Waals surface area contributed by atoms with Gasteiger partial charge in [-0.3, -0.25) is 57.6 Å². The molecule has 25 nitrogen and oxygen atoms in total. The Morgan fingerprint density at radius 1 is 0.529 bits per heavy atom. The number of ketones is 2. The molecule has 2 saturated heterocycles. The fraction of sp³-hybridized carbons (Fsp3) is 0.785. The molecule has 2 aliphatic rings. The van der Waals surface area contributed by atoms with Crippen molar-refractivity contribution in [1.82, 2.24) is 55.1 Å². The smallest absolute Gasteiger partial charge is 0.246 e. The zero-order valence-corrected chi connectivity index (χ0v) is 67.8. The maximum absolute atomic E-state index is 15.6. The first-order chi connectivity index (χ1) is 48.7. The number of aliphatic hydroxyl groups excluding tert-OH is 1. The number of morpholine rings is 1. The summed E-state index contributed by atoms with van der Waals surface area (Å²) in [5.74, 6) is -10.8. The van der Waals surface area contributed by atoms with Gasteiger partial charge in [0.2, 0.25) is 53.2 Å². The van der Waals surface area contributed by atoms with Crippen LogP contribution in [0.2, 0.25) is 0 Å². The van der Waals surface area contributed by atoms with Crippen molar-refractivity contribution in [1.29, 1.82) is 0 Å². The Hall–Kier alpha value is -6.41. The molecule has 4 N–H and O–H groups in total. The number of nitrogens with zero attached hydrogens (tertiary/aromatic N) is 8. The Kier molecular flexibility index (Phi) is 39.4. The lowest BCUT2D eigenvalue weighted by molar-refractivity contribution is -0.157. The lowest BCUT2D eigenvalue weighted by Gasteiger charge is -2.41. The van der Waals surface area contributed by atoms with Crippen molar-refractivity contribution in [2.45, 2.75) is 261 Å². The number of amides is 9. The van der Waals surface area contributed by atoms with E-state index in [4.69, 9.17) is 9.47 Å². The number of likely N-dealkylation sites (N-methyl/N-ethyl adjacent to an activating group) is 7. The van der Waals surface area contributed by atoms with Gasteiger partial charge in [0.15, 0.2) is 11.6 Å². The third-order valence-corrected chi connectivity index (χ3v) is 21.2.